The van der Waals surface area contributed by atoms with Gasteiger partial charge in [-0.15, -0.1) is 10.2 Å². The SMILES string of the molecule is Cc1nnc2n1CC(C(=O)O)N(C(=O)C(C)Oc1cccc3ccccc13)C2. The van der Waals surface area contributed by atoms with Crippen molar-refractivity contribution in [3.63, 3.8) is 0 Å². The molecule has 1 aliphatic rings. The summed E-state index contributed by atoms with van der Waals surface area (Å²) < 4.78 is 7.67. The molecule has 3 aromatic rings. The number of rotatable bonds is 4. The van der Waals surface area contributed by atoms with Crippen LogP contribution in [0.15, 0.2) is 42.5 Å². The lowest BCUT2D eigenvalue weighted by Crippen LogP contribution is -2.54. The number of hydrogen-bond acceptors (Lipinski definition) is 5. The maximum atomic E-state index is 13.1. The first-order chi connectivity index (χ1) is 13.5. The maximum absolute atomic E-state index is 13.1. The fraction of sp³-hybridized carbons (Fsp3) is 0.300. The standard InChI is InChI=1S/C20H20N4O4/c1-12(28-17-9-5-7-14-6-3-4-8-15(14)17)19(25)24-11-18-22-21-13(2)23(18)10-16(24)20(26)27/h3-9,12,16H,10-11H2,1-2H3,(H,26,27). The van der Waals surface area contributed by atoms with Crippen LogP contribution in [0.25, 0.3) is 10.8 Å². The molecule has 0 saturated carbocycles. The van der Waals surface area contributed by atoms with Gasteiger partial charge in [0.05, 0.1) is 13.1 Å². The van der Waals surface area contributed by atoms with E-state index in [0.29, 0.717) is 17.4 Å². The van der Waals surface area contributed by atoms with Crippen LogP contribution in [0.1, 0.15) is 18.6 Å². The van der Waals surface area contributed by atoms with Crippen molar-refractivity contribution in [2.45, 2.75) is 39.1 Å². The summed E-state index contributed by atoms with van der Waals surface area (Å²) >= 11 is 0. The molecule has 1 N–H and O–H groups in total. The second kappa shape index (κ2) is 6.95. The van der Waals surface area contributed by atoms with E-state index in [1.165, 1.54) is 4.90 Å². The highest BCUT2D eigenvalue weighted by atomic mass is 16.5. The van der Waals surface area contributed by atoms with Crippen molar-refractivity contribution in [1.29, 1.82) is 0 Å². The number of aryl methyl sites for hydroxylation is 1. The van der Waals surface area contributed by atoms with Gasteiger partial charge in [-0.25, -0.2) is 4.79 Å². The van der Waals surface area contributed by atoms with Crippen LogP contribution in [0.5, 0.6) is 5.75 Å². The van der Waals surface area contributed by atoms with Crippen molar-refractivity contribution < 1.29 is 19.4 Å². The van der Waals surface area contributed by atoms with E-state index in [9.17, 15) is 14.7 Å². The second-order valence-electron chi connectivity index (χ2n) is 6.83. The summed E-state index contributed by atoms with van der Waals surface area (Å²) in [5, 5.41) is 19.6. The first kappa shape index (κ1) is 18.0. The number of ether oxygens (including phenoxy) is 1. The van der Waals surface area contributed by atoms with Gasteiger partial charge in [-0.05, 0) is 25.3 Å². The number of carboxylic acid groups (broad SMARTS) is 1. The van der Waals surface area contributed by atoms with E-state index >= 15 is 0 Å². The van der Waals surface area contributed by atoms with E-state index in [2.05, 4.69) is 10.2 Å². The molecule has 0 radical (unpaired) electrons. The molecule has 1 amide bonds. The molecule has 2 heterocycles. The molecular weight excluding hydrogens is 360 g/mol. The van der Waals surface area contributed by atoms with Gasteiger partial charge in [0.15, 0.2) is 11.9 Å². The average Bonchev–Trinajstić information content (AvgIpc) is 3.06. The zero-order valence-corrected chi connectivity index (χ0v) is 15.6. The fourth-order valence-corrected chi connectivity index (χ4v) is 3.53. The van der Waals surface area contributed by atoms with Crippen molar-refractivity contribution in [3.8, 4) is 5.75 Å². The first-order valence-electron chi connectivity index (χ1n) is 9.02. The molecule has 4 rings (SSSR count). The summed E-state index contributed by atoms with van der Waals surface area (Å²) in [4.78, 5) is 26.1. The fourth-order valence-electron chi connectivity index (χ4n) is 3.53. The quantitative estimate of drug-likeness (QED) is 0.744. The minimum atomic E-state index is -1.07. The molecule has 28 heavy (non-hydrogen) atoms. The Morgan fingerprint density at radius 1 is 1.18 bits per heavy atom. The number of aliphatic carboxylic acids is 1. The predicted octanol–water partition coefficient (Wildman–Crippen LogP) is 2.00. The van der Waals surface area contributed by atoms with Crippen molar-refractivity contribution in [1.82, 2.24) is 19.7 Å². The third-order valence-corrected chi connectivity index (χ3v) is 5.03. The van der Waals surface area contributed by atoms with Crippen LogP contribution in [0, 0.1) is 6.92 Å². The second-order valence-corrected chi connectivity index (χ2v) is 6.83. The predicted molar refractivity (Wildman–Crippen MR) is 101 cm³/mol. The molecular formula is C20H20N4O4. The first-order valence-corrected chi connectivity index (χ1v) is 9.02. The Hall–Kier alpha value is -3.42. The summed E-state index contributed by atoms with van der Waals surface area (Å²) in [5.41, 5.74) is 0. The summed E-state index contributed by atoms with van der Waals surface area (Å²) in [6.45, 7) is 3.60. The van der Waals surface area contributed by atoms with Crippen LogP contribution in [0.2, 0.25) is 0 Å². The third-order valence-electron chi connectivity index (χ3n) is 5.03. The highest BCUT2D eigenvalue weighted by molar-refractivity contribution is 5.90. The van der Waals surface area contributed by atoms with E-state index in [-0.39, 0.29) is 13.1 Å². The Balaban J connectivity index is 1.59. The van der Waals surface area contributed by atoms with Gasteiger partial charge in [-0.3, -0.25) is 4.79 Å². The number of amides is 1. The third kappa shape index (κ3) is 3.06. The zero-order valence-electron chi connectivity index (χ0n) is 15.6. The topological polar surface area (TPSA) is 97.5 Å². The molecule has 2 atom stereocenters. The summed E-state index contributed by atoms with van der Waals surface area (Å²) in [6, 6.07) is 12.4. The van der Waals surface area contributed by atoms with Gasteiger partial charge in [0.2, 0.25) is 0 Å². The number of nitrogens with zero attached hydrogens (tertiary/aromatic N) is 4. The monoisotopic (exact) mass is 380 g/mol. The summed E-state index contributed by atoms with van der Waals surface area (Å²) in [6.07, 6.45) is -0.844. The Kier molecular flexibility index (Phi) is 4.46. The van der Waals surface area contributed by atoms with E-state index in [1.54, 1.807) is 24.5 Å². The van der Waals surface area contributed by atoms with Crippen LogP contribution in [0.4, 0.5) is 0 Å². The molecule has 8 nitrogen and oxygen atoms in total. The zero-order chi connectivity index (χ0) is 19.8. The molecule has 0 aliphatic carbocycles. The van der Waals surface area contributed by atoms with Crippen molar-refractivity contribution in [2.75, 3.05) is 0 Å². The molecule has 0 fully saturated rings. The lowest BCUT2D eigenvalue weighted by Gasteiger charge is -2.35. The smallest absolute Gasteiger partial charge is 0.328 e. The van der Waals surface area contributed by atoms with Crippen molar-refractivity contribution >= 4 is 22.6 Å². The van der Waals surface area contributed by atoms with E-state index in [4.69, 9.17) is 4.74 Å². The molecule has 0 spiro atoms. The maximum Gasteiger partial charge on any atom is 0.328 e. The van der Waals surface area contributed by atoms with Crippen molar-refractivity contribution in [2.24, 2.45) is 0 Å². The Bertz CT molecular complexity index is 1060. The number of hydrogen-bond donors (Lipinski definition) is 1. The number of carbonyl (C=O) groups is 2. The van der Waals surface area contributed by atoms with Gasteiger partial charge in [0.25, 0.3) is 5.91 Å². The van der Waals surface area contributed by atoms with Gasteiger partial charge in [-0.1, -0.05) is 36.4 Å². The number of aromatic nitrogens is 3. The number of benzene rings is 2. The van der Waals surface area contributed by atoms with Gasteiger partial charge in [0, 0.05) is 5.39 Å². The van der Waals surface area contributed by atoms with Gasteiger partial charge in [-0.2, -0.15) is 0 Å². The number of fused-ring (bicyclic) bond motifs is 2. The molecule has 8 heteroatoms. The van der Waals surface area contributed by atoms with Gasteiger partial charge in [0.1, 0.15) is 17.6 Å². The van der Waals surface area contributed by atoms with Gasteiger partial charge >= 0.3 is 5.97 Å². The van der Waals surface area contributed by atoms with E-state index in [0.717, 1.165) is 10.8 Å². The molecule has 2 unspecified atom stereocenters. The largest absolute Gasteiger partial charge is 0.480 e. The number of carbonyl (C=O) groups excluding carboxylic acids is 1. The minimum Gasteiger partial charge on any atom is -0.480 e. The van der Waals surface area contributed by atoms with Crippen LogP contribution in [-0.2, 0) is 22.7 Å². The lowest BCUT2D eigenvalue weighted by molar-refractivity contribution is -0.155. The van der Waals surface area contributed by atoms with Crippen LogP contribution < -0.4 is 4.74 Å². The van der Waals surface area contributed by atoms with Crippen LogP contribution in [-0.4, -0.2) is 48.8 Å². The molecule has 1 aromatic heterocycles. The molecule has 2 aromatic carbocycles. The van der Waals surface area contributed by atoms with Gasteiger partial charge < -0.3 is 19.3 Å². The Labute approximate surface area is 161 Å². The average molecular weight is 380 g/mol. The number of carboxylic acids is 1. The van der Waals surface area contributed by atoms with Crippen LogP contribution in [0.3, 0.4) is 0 Å². The molecule has 0 saturated heterocycles. The van der Waals surface area contributed by atoms with Crippen molar-refractivity contribution in [3.05, 3.63) is 54.1 Å². The summed E-state index contributed by atoms with van der Waals surface area (Å²) in [5.74, 6) is 0.327. The molecule has 0 bridgehead atoms. The lowest BCUT2D eigenvalue weighted by atomic mass is 10.1. The van der Waals surface area contributed by atoms with E-state index < -0.39 is 24.0 Å². The highest BCUT2D eigenvalue weighted by Crippen LogP contribution is 2.27. The molecule has 1 aliphatic heterocycles. The Morgan fingerprint density at radius 3 is 2.71 bits per heavy atom. The summed E-state index contributed by atoms with van der Waals surface area (Å²) in [7, 11) is 0. The Morgan fingerprint density at radius 2 is 1.93 bits per heavy atom. The molecule has 144 valence electrons. The normalized spacial score (nSPS) is 17.2. The highest BCUT2D eigenvalue weighted by Gasteiger charge is 2.38. The minimum absolute atomic E-state index is 0.0832. The van der Waals surface area contributed by atoms with Crippen LogP contribution >= 0.6 is 0 Å². The van der Waals surface area contributed by atoms with E-state index in [1.807, 2.05) is 36.4 Å².